The van der Waals surface area contributed by atoms with Gasteiger partial charge < -0.3 is 15.1 Å². The van der Waals surface area contributed by atoms with Crippen LogP contribution in [0, 0.1) is 18.6 Å². The van der Waals surface area contributed by atoms with Crippen molar-refractivity contribution in [2.45, 2.75) is 26.3 Å². The summed E-state index contributed by atoms with van der Waals surface area (Å²) in [5.41, 5.74) is 4.44. The number of rotatable bonds is 3. The third-order valence-electron chi connectivity index (χ3n) is 6.34. The second-order valence-electron chi connectivity index (χ2n) is 8.49. The van der Waals surface area contributed by atoms with Gasteiger partial charge in [0, 0.05) is 37.3 Å². The molecule has 0 radical (unpaired) electrons. The van der Waals surface area contributed by atoms with E-state index in [9.17, 15) is 9.59 Å². The van der Waals surface area contributed by atoms with Crippen molar-refractivity contribution < 1.29 is 9.59 Å². The Morgan fingerprint density at radius 1 is 1.12 bits per heavy atom. The van der Waals surface area contributed by atoms with Crippen molar-refractivity contribution in [3.05, 3.63) is 58.4 Å². The average Bonchev–Trinajstić information content (AvgIpc) is 3.12. The van der Waals surface area contributed by atoms with Crippen molar-refractivity contribution in [2.24, 2.45) is 0 Å². The molecule has 0 spiro atoms. The van der Waals surface area contributed by atoms with Crippen LogP contribution >= 0.6 is 12.2 Å². The Hall–Kier alpha value is -3.26. The molecule has 1 N–H and O–H groups in total. The molecule has 1 amide bonds. The van der Waals surface area contributed by atoms with Gasteiger partial charge in [-0.05, 0) is 55.4 Å². The first-order chi connectivity index (χ1) is 15.4. The minimum Gasteiger partial charge on any atom is -0.368 e. The molecule has 2 aliphatic rings. The van der Waals surface area contributed by atoms with E-state index >= 15 is 0 Å². The van der Waals surface area contributed by atoms with Crippen molar-refractivity contribution >= 4 is 46.4 Å². The molecule has 3 heterocycles. The summed E-state index contributed by atoms with van der Waals surface area (Å²) in [6, 6.07) is 13.4. The fraction of sp³-hybridized carbons (Fsp3) is 0.333. The largest absolute Gasteiger partial charge is 0.368 e. The molecule has 1 saturated heterocycles. The van der Waals surface area contributed by atoms with E-state index in [-0.39, 0.29) is 23.0 Å². The molecule has 2 aliphatic heterocycles. The smallest absolute Gasteiger partial charge is 0.257 e. The molecule has 0 saturated carbocycles. The van der Waals surface area contributed by atoms with Crippen LogP contribution in [0.4, 0.5) is 11.5 Å². The maximum Gasteiger partial charge on any atom is 0.257 e. The molecule has 1 fully saturated rings. The highest BCUT2D eigenvalue weighted by atomic mass is 32.1. The van der Waals surface area contributed by atoms with Crippen LogP contribution in [0.25, 0.3) is 10.9 Å². The van der Waals surface area contributed by atoms with Crippen molar-refractivity contribution in [2.75, 3.05) is 36.4 Å². The molecule has 2 aromatic carbocycles. The van der Waals surface area contributed by atoms with Crippen molar-refractivity contribution in [1.29, 1.82) is 0 Å². The lowest BCUT2D eigenvalue weighted by atomic mass is 10.1. The Morgan fingerprint density at radius 2 is 1.88 bits per heavy atom. The number of amides is 1. The Morgan fingerprint density at radius 3 is 2.66 bits per heavy atom. The van der Waals surface area contributed by atoms with Crippen LogP contribution in [0.2, 0.25) is 0 Å². The standard InChI is InChI=1S/C24H25N5O2S/c1-15-7-8-16(2)20(13-15)27-9-11-28(12-10-27)21(30)14-19-23(31)29-22(25-19)17-5-3-4-6-18(17)26-24(29)32/h3-8,13,19,25H,9-12,14H2,1-2H3/t19-/m0/s1. The molecule has 8 heteroatoms. The second-order valence-corrected chi connectivity index (χ2v) is 8.86. The molecule has 0 unspecified atom stereocenters. The predicted octanol–water partition coefficient (Wildman–Crippen LogP) is 3.56. The fourth-order valence-electron chi connectivity index (χ4n) is 4.57. The van der Waals surface area contributed by atoms with Crippen LogP contribution in [0.5, 0.6) is 0 Å². The lowest BCUT2D eigenvalue weighted by Crippen LogP contribution is -2.50. The SMILES string of the molecule is Cc1ccc(C)c(N2CCN(C(=O)C[C@@H]3Nc4c5ccccc5nc(=S)n4C3=O)CC2)c1. The van der Waals surface area contributed by atoms with E-state index in [0.29, 0.717) is 18.9 Å². The first-order valence-corrected chi connectivity index (χ1v) is 11.3. The highest BCUT2D eigenvalue weighted by Crippen LogP contribution is 2.29. The van der Waals surface area contributed by atoms with Gasteiger partial charge in [-0.1, -0.05) is 24.3 Å². The summed E-state index contributed by atoms with van der Waals surface area (Å²) in [5.74, 6) is 0.391. The zero-order chi connectivity index (χ0) is 22.4. The first kappa shape index (κ1) is 20.6. The van der Waals surface area contributed by atoms with Gasteiger partial charge in [-0.2, -0.15) is 0 Å². The number of para-hydroxylation sites is 1. The number of nitrogens with one attached hydrogen (secondary N) is 1. The average molecular weight is 448 g/mol. The van der Waals surface area contributed by atoms with Crippen LogP contribution in [0.15, 0.2) is 42.5 Å². The molecule has 3 aromatic rings. The van der Waals surface area contributed by atoms with Gasteiger partial charge in [0.15, 0.2) is 0 Å². The number of anilines is 2. The number of piperazine rings is 1. The summed E-state index contributed by atoms with van der Waals surface area (Å²) in [7, 11) is 0. The van der Waals surface area contributed by atoms with E-state index in [4.69, 9.17) is 12.2 Å². The third-order valence-corrected chi connectivity index (χ3v) is 6.61. The van der Waals surface area contributed by atoms with Crippen LogP contribution in [-0.2, 0) is 4.79 Å². The van der Waals surface area contributed by atoms with Crippen molar-refractivity contribution in [3.8, 4) is 0 Å². The Bertz CT molecular complexity index is 1290. The summed E-state index contributed by atoms with van der Waals surface area (Å²) >= 11 is 5.34. The summed E-state index contributed by atoms with van der Waals surface area (Å²) < 4.78 is 1.64. The van der Waals surface area contributed by atoms with Crippen LogP contribution in [-0.4, -0.2) is 58.5 Å². The van der Waals surface area contributed by atoms with E-state index in [1.54, 1.807) is 0 Å². The summed E-state index contributed by atoms with van der Waals surface area (Å²) in [5, 5.41) is 4.06. The van der Waals surface area contributed by atoms with E-state index < -0.39 is 6.04 Å². The van der Waals surface area contributed by atoms with Crippen molar-refractivity contribution in [3.63, 3.8) is 0 Å². The van der Waals surface area contributed by atoms with Gasteiger partial charge >= 0.3 is 0 Å². The highest BCUT2D eigenvalue weighted by molar-refractivity contribution is 7.71. The maximum absolute atomic E-state index is 13.0. The van der Waals surface area contributed by atoms with Gasteiger partial charge in [0.25, 0.3) is 5.91 Å². The van der Waals surface area contributed by atoms with Gasteiger partial charge in [-0.3, -0.25) is 9.59 Å². The topological polar surface area (TPSA) is 70.5 Å². The molecule has 5 rings (SSSR count). The normalized spacial score (nSPS) is 18.1. The summed E-state index contributed by atoms with van der Waals surface area (Å²) in [6.07, 6.45) is 0.104. The molecule has 0 aliphatic carbocycles. The van der Waals surface area contributed by atoms with Crippen LogP contribution in [0.1, 0.15) is 22.3 Å². The summed E-state index contributed by atoms with van der Waals surface area (Å²) in [4.78, 5) is 34.6. The van der Waals surface area contributed by atoms with Gasteiger partial charge in [0.2, 0.25) is 10.7 Å². The van der Waals surface area contributed by atoms with E-state index in [1.165, 1.54) is 21.4 Å². The molecular formula is C24H25N5O2S. The Kier molecular flexibility index (Phi) is 5.17. The number of nitrogens with zero attached hydrogens (tertiary/aromatic N) is 4. The minimum absolute atomic E-state index is 0.0203. The number of benzene rings is 2. The number of aryl methyl sites for hydroxylation is 2. The monoisotopic (exact) mass is 447 g/mol. The first-order valence-electron chi connectivity index (χ1n) is 10.8. The van der Waals surface area contributed by atoms with Crippen molar-refractivity contribution in [1.82, 2.24) is 14.5 Å². The van der Waals surface area contributed by atoms with Crippen LogP contribution < -0.4 is 10.2 Å². The molecule has 0 bridgehead atoms. The van der Waals surface area contributed by atoms with Gasteiger partial charge in [0.05, 0.1) is 11.9 Å². The van der Waals surface area contributed by atoms with Gasteiger partial charge in [-0.15, -0.1) is 0 Å². The number of hydrogen-bond acceptors (Lipinski definition) is 6. The van der Waals surface area contributed by atoms with Crippen LogP contribution in [0.3, 0.4) is 0 Å². The highest BCUT2D eigenvalue weighted by Gasteiger charge is 2.35. The zero-order valence-corrected chi connectivity index (χ0v) is 19.0. The number of carbonyl (C=O) groups is 2. The lowest BCUT2D eigenvalue weighted by molar-refractivity contribution is -0.131. The number of fused-ring (bicyclic) bond motifs is 3. The number of hydrogen-bond donors (Lipinski definition) is 1. The van der Waals surface area contributed by atoms with E-state index in [2.05, 4.69) is 47.2 Å². The molecule has 164 valence electrons. The third kappa shape index (κ3) is 3.54. The van der Waals surface area contributed by atoms with E-state index in [0.717, 1.165) is 24.0 Å². The molecule has 7 nitrogen and oxygen atoms in total. The molecular weight excluding hydrogens is 422 g/mol. The number of aromatic nitrogens is 2. The molecule has 1 aromatic heterocycles. The number of carbonyl (C=O) groups excluding carboxylic acids is 2. The van der Waals surface area contributed by atoms with Gasteiger partial charge in [0.1, 0.15) is 11.9 Å². The van der Waals surface area contributed by atoms with Gasteiger partial charge in [-0.25, -0.2) is 9.55 Å². The summed E-state index contributed by atoms with van der Waals surface area (Å²) in [6.45, 7) is 7.06. The zero-order valence-electron chi connectivity index (χ0n) is 18.2. The minimum atomic E-state index is -0.631. The Labute approximate surface area is 191 Å². The fourth-order valence-corrected chi connectivity index (χ4v) is 4.85. The lowest BCUT2D eigenvalue weighted by Gasteiger charge is -2.37. The Balaban J connectivity index is 1.27. The van der Waals surface area contributed by atoms with E-state index in [1.807, 2.05) is 29.2 Å². The maximum atomic E-state index is 13.0. The molecule has 1 atom stereocenters. The second kappa shape index (κ2) is 8.02. The molecule has 32 heavy (non-hydrogen) atoms. The predicted molar refractivity (Wildman–Crippen MR) is 128 cm³/mol. The quantitative estimate of drug-likeness (QED) is 0.619.